The maximum absolute atomic E-state index is 11.7. The monoisotopic (exact) mass is 413 g/mol. The molecule has 0 aliphatic carbocycles. The maximum Gasteiger partial charge on any atom is 0.307 e. The van der Waals surface area contributed by atoms with Crippen molar-refractivity contribution in [1.82, 2.24) is 4.90 Å². The Labute approximate surface area is 166 Å². The fourth-order valence-electron chi connectivity index (χ4n) is 2.70. The Bertz CT molecular complexity index is 620. The van der Waals surface area contributed by atoms with Gasteiger partial charge < -0.3 is 24.5 Å². The zero-order chi connectivity index (χ0) is 20.9. The number of hydrogen-bond donors (Lipinski definition) is 3. The van der Waals surface area contributed by atoms with Gasteiger partial charge in [-0.05, 0) is 24.8 Å². The minimum absolute atomic E-state index is 0.00736. The first-order valence-electron chi connectivity index (χ1n) is 9.10. The Morgan fingerprint density at radius 2 is 1.75 bits per heavy atom. The summed E-state index contributed by atoms with van der Waals surface area (Å²) in [6.07, 6.45) is 2.65. The molecule has 0 aromatic heterocycles. The smallest absolute Gasteiger partial charge is 0.307 e. The van der Waals surface area contributed by atoms with Crippen LogP contribution in [0.5, 0.6) is 0 Å². The summed E-state index contributed by atoms with van der Waals surface area (Å²) in [6, 6.07) is 9.95. The lowest BCUT2D eigenvalue weighted by molar-refractivity contribution is -0.142. The molecule has 2 atom stereocenters. The molecular formula is C19H28NO7P. The van der Waals surface area contributed by atoms with Gasteiger partial charge in [-0.2, -0.15) is 0 Å². The van der Waals surface area contributed by atoms with E-state index in [9.17, 15) is 14.4 Å². The van der Waals surface area contributed by atoms with Gasteiger partial charge in [-0.25, -0.2) is 0 Å². The molecule has 2 rings (SSSR count). The van der Waals surface area contributed by atoms with E-state index in [1.807, 2.05) is 35.2 Å². The standard InChI is InChI=1S/C12H15NO.C7H13O6P/c14-12(13-8-4-5-9-13)10-11-6-2-1-3-7-11;1-13-14(12)4-5(7(10)11)2-3-6(8)9/h1-3,6-7H,4-5,8-10H2;5,12H,2-4H2,1H3,(H,8,9)(H,10,11). The number of benzene rings is 1. The molecule has 8 nitrogen and oxygen atoms in total. The first-order valence-corrected chi connectivity index (χ1v) is 10.5. The average Bonchev–Trinajstić information content (AvgIpc) is 3.21. The van der Waals surface area contributed by atoms with Crippen molar-refractivity contribution in [2.24, 2.45) is 5.92 Å². The molecule has 28 heavy (non-hydrogen) atoms. The second-order valence-electron chi connectivity index (χ2n) is 6.44. The second-order valence-corrected chi connectivity index (χ2v) is 7.87. The summed E-state index contributed by atoms with van der Waals surface area (Å²) in [5.41, 5.74) is 1.12. The number of rotatable bonds is 9. The van der Waals surface area contributed by atoms with E-state index in [1.165, 1.54) is 20.0 Å². The molecule has 1 heterocycles. The molecular weight excluding hydrogens is 385 g/mol. The Balaban J connectivity index is 0.000000280. The Kier molecular flexibility index (Phi) is 11.3. The van der Waals surface area contributed by atoms with Crippen LogP contribution in [0.4, 0.5) is 0 Å². The highest BCUT2D eigenvalue weighted by Gasteiger charge is 2.22. The van der Waals surface area contributed by atoms with Gasteiger partial charge in [0, 0.05) is 32.8 Å². The molecule has 0 spiro atoms. The Hall–Kier alpha value is -2.02. The van der Waals surface area contributed by atoms with Crippen molar-refractivity contribution in [2.45, 2.75) is 32.1 Å². The number of aliphatic carboxylic acids is 2. The van der Waals surface area contributed by atoms with Crippen LogP contribution in [0.15, 0.2) is 30.3 Å². The van der Waals surface area contributed by atoms with Crippen molar-refractivity contribution >= 4 is 26.2 Å². The van der Waals surface area contributed by atoms with Gasteiger partial charge in [-0.3, -0.25) is 14.4 Å². The number of hydrogen-bond acceptors (Lipinski definition) is 5. The van der Waals surface area contributed by atoms with Crippen molar-refractivity contribution in [3.8, 4) is 0 Å². The predicted molar refractivity (Wildman–Crippen MR) is 105 cm³/mol. The van der Waals surface area contributed by atoms with E-state index in [2.05, 4.69) is 4.52 Å². The van der Waals surface area contributed by atoms with Crippen molar-refractivity contribution < 1.29 is 34.0 Å². The number of likely N-dealkylation sites (tertiary alicyclic amines) is 1. The van der Waals surface area contributed by atoms with Crippen molar-refractivity contribution in [3.05, 3.63) is 35.9 Å². The molecule has 9 heteroatoms. The molecule has 0 saturated carbocycles. The van der Waals surface area contributed by atoms with Crippen LogP contribution in [0.1, 0.15) is 31.2 Å². The molecule has 0 radical (unpaired) electrons. The number of nitrogens with zero attached hydrogens (tertiary/aromatic N) is 1. The second kappa shape index (κ2) is 13.2. The van der Waals surface area contributed by atoms with Gasteiger partial charge in [0.15, 0.2) is 8.38 Å². The summed E-state index contributed by atoms with van der Waals surface area (Å²) in [6.45, 7) is 1.90. The molecule has 1 amide bonds. The van der Waals surface area contributed by atoms with E-state index in [0.717, 1.165) is 18.7 Å². The van der Waals surface area contributed by atoms with Gasteiger partial charge in [0.25, 0.3) is 0 Å². The van der Waals surface area contributed by atoms with Crippen LogP contribution in [0, 0.1) is 5.92 Å². The molecule has 1 saturated heterocycles. The van der Waals surface area contributed by atoms with E-state index in [1.54, 1.807) is 0 Å². The van der Waals surface area contributed by atoms with Gasteiger partial charge in [0.05, 0.1) is 12.3 Å². The topological polar surface area (TPSA) is 124 Å². The van der Waals surface area contributed by atoms with E-state index in [-0.39, 0.29) is 24.9 Å². The highest BCUT2D eigenvalue weighted by Crippen LogP contribution is 2.33. The van der Waals surface area contributed by atoms with Crippen LogP contribution in [0.25, 0.3) is 0 Å². The van der Waals surface area contributed by atoms with Crippen LogP contribution in [-0.4, -0.2) is 64.2 Å². The van der Waals surface area contributed by atoms with E-state index >= 15 is 0 Å². The first-order chi connectivity index (χ1) is 13.3. The summed E-state index contributed by atoms with van der Waals surface area (Å²) in [4.78, 5) is 43.6. The molecule has 3 N–H and O–H groups in total. The van der Waals surface area contributed by atoms with E-state index < -0.39 is 26.2 Å². The lowest BCUT2D eigenvalue weighted by Crippen LogP contribution is -2.28. The molecule has 1 aliphatic heterocycles. The molecule has 1 aromatic carbocycles. The number of carboxylic acids is 2. The van der Waals surface area contributed by atoms with Crippen LogP contribution >= 0.6 is 8.38 Å². The molecule has 0 bridgehead atoms. The molecule has 1 fully saturated rings. The van der Waals surface area contributed by atoms with Gasteiger partial charge in [0.2, 0.25) is 5.91 Å². The Morgan fingerprint density at radius 1 is 1.14 bits per heavy atom. The Morgan fingerprint density at radius 3 is 2.25 bits per heavy atom. The normalized spacial score (nSPS) is 15.3. The molecule has 156 valence electrons. The van der Waals surface area contributed by atoms with Gasteiger partial charge in [-0.15, -0.1) is 0 Å². The van der Waals surface area contributed by atoms with Crippen molar-refractivity contribution in [1.29, 1.82) is 0 Å². The third-order valence-corrected chi connectivity index (χ3v) is 5.47. The highest BCUT2D eigenvalue weighted by atomic mass is 31.2. The largest absolute Gasteiger partial charge is 0.481 e. The number of carboxylic acid groups (broad SMARTS) is 2. The first kappa shape index (κ1) is 24.0. The fourth-order valence-corrected chi connectivity index (χ4v) is 3.57. The summed E-state index contributed by atoms with van der Waals surface area (Å²) >= 11 is 0. The van der Waals surface area contributed by atoms with Crippen LogP contribution in [0.3, 0.4) is 0 Å². The maximum atomic E-state index is 11.7. The van der Waals surface area contributed by atoms with Gasteiger partial charge in [0.1, 0.15) is 0 Å². The van der Waals surface area contributed by atoms with Crippen LogP contribution in [-0.2, 0) is 25.3 Å². The minimum atomic E-state index is -1.75. The molecule has 1 aliphatic rings. The summed E-state index contributed by atoms with van der Waals surface area (Å²) < 4.78 is 4.55. The molecule has 2 unspecified atom stereocenters. The third-order valence-electron chi connectivity index (χ3n) is 4.30. The number of amides is 1. The lowest BCUT2D eigenvalue weighted by Gasteiger charge is -2.14. The minimum Gasteiger partial charge on any atom is -0.481 e. The SMILES string of the molecule is COP(O)CC(CCC(=O)O)C(=O)O.O=C(Cc1ccccc1)N1CCCC1. The zero-order valence-electron chi connectivity index (χ0n) is 16.0. The highest BCUT2D eigenvalue weighted by molar-refractivity contribution is 7.46. The van der Waals surface area contributed by atoms with Crippen molar-refractivity contribution in [3.63, 3.8) is 0 Å². The van der Waals surface area contributed by atoms with E-state index in [0.29, 0.717) is 6.42 Å². The third kappa shape index (κ3) is 9.78. The van der Waals surface area contributed by atoms with Gasteiger partial charge >= 0.3 is 11.9 Å². The summed E-state index contributed by atoms with van der Waals surface area (Å²) in [5.74, 6) is -2.74. The number of carbonyl (C=O) groups is 3. The lowest BCUT2D eigenvalue weighted by atomic mass is 10.1. The quantitative estimate of drug-likeness (QED) is 0.531. The van der Waals surface area contributed by atoms with Crippen LogP contribution < -0.4 is 0 Å². The van der Waals surface area contributed by atoms with Gasteiger partial charge in [-0.1, -0.05) is 30.3 Å². The zero-order valence-corrected chi connectivity index (χ0v) is 16.9. The fraction of sp³-hybridized carbons (Fsp3) is 0.526. The summed E-state index contributed by atoms with van der Waals surface area (Å²) in [5, 5.41) is 17.0. The van der Waals surface area contributed by atoms with E-state index in [4.69, 9.17) is 15.1 Å². The molecule has 1 aromatic rings. The summed E-state index contributed by atoms with van der Waals surface area (Å²) in [7, 11) is -0.475. The van der Waals surface area contributed by atoms with Crippen molar-refractivity contribution in [2.75, 3.05) is 26.4 Å². The average molecular weight is 413 g/mol. The predicted octanol–water partition coefficient (Wildman–Crippen LogP) is 2.35. The number of carbonyl (C=O) groups excluding carboxylic acids is 1. The van der Waals surface area contributed by atoms with Crippen LogP contribution in [0.2, 0.25) is 0 Å².